The molecule has 1 aliphatic rings. The van der Waals surface area contributed by atoms with E-state index in [0.717, 1.165) is 24.8 Å². The molecule has 0 radical (unpaired) electrons. The number of fused-ring (bicyclic) bond motifs is 1. The van der Waals surface area contributed by atoms with Gasteiger partial charge in [0, 0.05) is 13.1 Å². The molecule has 3 rings (SSSR count). The number of hydrogen-bond acceptors (Lipinski definition) is 3. The van der Waals surface area contributed by atoms with Crippen molar-refractivity contribution in [1.29, 1.82) is 0 Å². The lowest BCUT2D eigenvalue weighted by molar-refractivity contribution is -0.385. The second-order valence-electron chi connectivity index (χ2n) is 5.80. The van der Waals surface area contributed by atoms with Gasteiger partial charge in [0.25, 0.3) is 11.6 Å². The SMILES string of the molecule is CN(C(=O)c1ccccc1[N+](=O)[O-])[C@@H]1CCCc2ccccc21. The van der Waals surface area contributed by atoms with Crippen LogP contribution in [0.2, 0.25) is 0 Å². The summed E-state index contributed by atoms with van der Waals surface area (Å²) in [6.07, 6.45) is 2.90. The van der Waals surface area contributed by atoms with Gasteiger partial charge in [0.2, 0.25) is 0 Å². The molecule has 5 heteroatoms. The van der Waals surface area contributed by atoms with Gasteiger partial charge in [0.05, 0.1) is 11.0 Å². The number of nitro groups is 1. The first-order valence-electron chi connectivity index (χ1n) is 7.68. The summed E-state index contributed by atoms with van der Waals surface area (Å²) in [5, 5.41) is 11.2. The van der Waals surface area contributed by atoms with Crippen molar-refractivity contribution in [3.8, 4) is 0 Å². The van der Waals surface area contributed by atoms with E-state index in [2.05, 4.69) is 6.07 Å². The van der Waals surface area contributed by atoms with Gasteiger partial charge in [-0.15, -0.1) is 0 Å². The summed E-state index contributed by atoms with van der Waals surface area (Å²) >= 11 is 0. The van der Waals surface area contributed by atoms with Crippen LogP contribution >= 0.6 is 0 Å². The number of rotatable bonds is 3. The number of nitrogens with zero attached hydrogens (tertiary/aromatic N) is 2. The van der Waals surface area contributed by atoms with Crippen molar-refractivity contribution < 1.29 is 9.72 Å². The molecule has 0 unspecified atom stereocenters. The summed E-state index contributed by atoms with van der Waals surface area (Å²) in [5.41, 5.74) is 2.40. The third-order valence-electron chi connectivity index (χ3n) is 4.46. The number of hydrogen-bond donors (Lipinski definition) is 0. The maximum atomic E-state index is 12.8. The predicted molar refractivity (Wildman–Crippen MR) is 87.3 cm³/mol. The van der Waals surface area contributed by atoms with Gasteiger partial charge in [-0.25, -0.2) is 0 Å². The summed E-state index contributed by atoms with van der Waals surface area (Å²) in [7, 11) is 1.73. The van der Waals surface area contributed by atoms with Crippen LogP contribution in [-0.4, -0.2) is 22.8 Å². The zero-order chi connectivity index (χ0) is 16.4. The first-order valence-corrected chi connectivity index (χ1v) is 7.68. The number of carbonyl (C=O) groups is 1. The molecule has 118 valence electrons. The molecule has 0 N–H and O–H groups in total. The van der Waals surface area contributed by atoms with E-state index in [1.165, 1.54) is 17.7 Å². The molecular formula is C18H18N2O3. The zero-order valence-electron chi connectivity index (χ0n) is 12.9. The minimum absolute atomic E-state index is 0.0349. The van der Waals surface area contributed by atoms with Crippen LogP contribution < -0.4 is 0 Å². The van der Waals surface area contributed by atoms with E-state index in [0.29, 0.717) is 0 Å². The fourth-order valence-corrected chi connectivity index (χ4v) is 3.28. The van der Waals surface area contributed by atoms with E-state index in [-0.39, 0.29) is 23.2 Å². The quantitative estimate of drug-likeness (QED) is 0.640. The molecule has 0 saturated carbocycles. The standard InChI is InChI=1S/C18H18N2O3/c1-19(16-12-6-8-13-7-2-3-9-14(13)16)18(21)15-10-4-5-11-17(15)20(22)23/h2-5,7,9-11,16H,6,8,12H2,1H3/t16-/m1/s1. The van der Waals surface area contributed by atoms with Gasteiger partial charge in [-0.3, -0.25) is 14.9 Å². The molecule has 0 saturated heterocycles. The molecule has 0 fully saturated rings. The van der Waals surface area contributed by atoms with Gasteiger partial charge in [-0.1, -0.05) is 36.4 Å². The number of carbonyl (C=O) groups excluding carboxylic acids is 1. The highest BCUT2D eigenvalue weighted by Crippen LogP contribution is 2.34. The Morgan fingerprint density at radius 1 is 1.17 bits per heavy atom. The largest absolute Gasteiger partial charge is 0.334 e. The molecule has 1 aliphatic carbocycles. The van der Waals surface area contributed by atoms with Crippen LogP contribution in [0.4, 0.5) is 5.69 Å². The third-order valence-corrected chi connectivity index (χ3v) is 4.46. The molecule has 0 bridgehead atoms. The van der Waals surface area contributed by atoms with Gasteiger partial charge in [-0.2, -0.15) is 0 Å². The van der Waals surface area contributed by atoms with E-state index in [9.17, 15) is 14.9 Å². The van der Waals surface area contributed by atoms with Gasteiger partial charge >= 0.3 is 0 Å². The van der Waals surface area contributed by atoms with Crippen LogP contribution in [0.3, 0.4) is 0 Å². The highest BCUT2D eigenvalue weighted by atomic mass is 16.6. The first kappa shape index (κ1) is 15.2. The van der Waals surface area contributed by atoms with Crippen LogP contribution in [0.1, 0.15) is 40.4 Å². The van der Waals surface area contributed by atoms with Crippen molar-refractivity contribution in [1.82, 2.24) is 4.90 Å². The minimum Gasteiger partial charge on any atom is -0.334 e. The second-order valence-corrected chi connectivity index (χ2v) is 5.80. The maximum Gasteiger partial charge on any atom is 0.282 e. The van der Waals surface area contributed by atoms with Crippen molar-refractivity contribution in [3.05, 3.63) is 75.3 Å². The molecule has 0 aliphatic heterocycles. The molecule has 0 spiro atoms. The Kier molecular flexibility index (Phi) is 4.10. The van der Waals surface area contributed by atoms with Crippen LogP contribution in [0.25, 0.3) is 0 Å². The monoisotopic (exact) mass is 310 g/mol. The van der Waals surface area contributed by atoms with E-state index in [4.69, 9.17) is 0 Å². The Labute approximate surface area is 134 Å². The van der Waals surface area contributed by atoms with Gasteiger partial charge in [0.15, 0.2) is 0 Å². The number of para-hydroxylation sites is 1. The summed E-state index contributed by atoms with van der Waals surface area (Å²) in [5.74, 6) is -0.306. The molecule has 2 aromatic carbocycles. The topological polar surface area (TPSA) is 63.5 Å². The lowest BCUT2D eigenvalue weighted by Gasteiger charge is -2.33. The zero-order valence-corrected chi connectivity index (χ0v) is 12.9. The Morgan fingerprint density at radius 3 is 2.65 bits per heavy atom. The number of nitro benzene ring substituents is 1. The molecule has 0 aromatic heterocycles. The van der Waals surface area contributed by atoms with Crippen LogP contribution in [0.15, 0.2) is 48.5 Å². The normalized spacial score (nSPS) is 16.5. The van der Waals surface area contributed by atoms with Crippen molar-refractivity contribution >= 4 is 11.6 Å². The van der Waals surface area contributed by atoms with Gasteiger partial charge in [-0.05, 0) is 36.5 Å². The van der Waals surface area contributed by atoms with Crippen molar-refractivity contribution in [2.24, 2.45) is 0 Å². The van der Waals surface area contributed by atoms with Crippen LogP contribution in [-0.2, 0) is 6.42 Å². The molecule has 1 atom stereocenters. The highest BCUT2D eigenvalue weighted by Gasteiger charge is 2.30. The Balaban J connectivity index is 1.94. The van der Waals surface area contributed by atoms with Gasteiger partial charge < -0.3 is 4.90 Å². The molecule has 5 nitrogen and oxygen atoms in total. The number of amides is 1. The average Bonchev–Trinajstić information content (AvgIpc) is 2.60. The van der Waals surface area contributed by atoms with Crippen LogP contribution in [0.5, 0.6) is 0 Å². The van der Waals surface area contributed by atoms with Gasteiger partial charge in [0.1, 0.15) is 5.56 Å². The van der Waals surface area contributed by atoms with Crippen molar-refractivity contribution in [2.75, 3.05) is 7.05 Å². The summed E-state index contributed by atoms with van der Waals surface area (Å²) < 4.78 is 0. The van der Waals surface area contributed by atoms with Crippen molar-refractivity contribution in [3.63, 3.8) is 0 Å². The lowest BCUT2D eigenvalue weighted by Crippen LogP contribution is -2.33. The average molecular weight is 310 g/mol. The Morgan fingerprint density at radius 2 is 1.87 bits per heavy atom. The Hall–Kier alpha value is -2.69. The molecule has 23 heavy (non-hydrogen) atoms. The molecule has 0 heterocycles. The fourth-order valence-electron chi connectivity index (χ4n) is 3.28. The van der Waals surface area contributed by atoms with E-state index >= 15 is 0 Å². The second kappa shape index (κ2) is 6.20. The lowest BCUT2D eigenvalue weighted by atomic mass is 9.87. The molecule has 1 amide bonds. The summed E-state index contributed by atoms with van der Waals surface area (Å²) in [4.78, 5) is 25.1. The maximum absolute atomic E-state index is 12.8. The minimum atomic E-state index is -0.504. The Bertz CT molecular complexity index is 757. The third kappa shape index (κ3) is 2.82. The van der Waals surface area contributed by atoms with Crippen molar-refractivity contribution in [2.45, 2.75) is 25.3 Å². The van der Waals surface area contributed by atoms with E-state index in [1.807, 2.05) is 18.2 Å². The number of aryl methyl sites for hydroxylation is 1. The smallest absolute Gasteiger partial charge is 0.282 e. The van der Waals surface area contributed by atoms with E-state index in [1.54, 1.807) is 24.1 Å². The molecule has 2 aromatic rings. The fraction of sp³-hybridized carbons (Fsp3) is 0.278. The molecular weight excluding hydrogens is 292 g/mol. The summed E-state index contributed by atoms with van der Waals surface area (Å²) in [6.45, 7) is 0. The van der Waals surface area contributed by atoms with E-state index < -0.39 is 4.92 Å². The highest BCUT2D eigenvalue weighted by molar-refractivity contribution is 5.98. The summed E-state index contributed by atoms with van der Waals surface area (Å²) in [6, 6.07) is 14.2. The predicted octanol–water partition coefficient (Wildman–Crippen LogP) is 3.74. The number of benzene rings is 2. The first-order chi connectivity index (χ1) is 11.1. The van der Waals surface area contributed by atoms with Crippen LogP contribution in [0, 0.1) is 10.1 Å².